The van der Waals surface area contributed by atoms with E-state index in [9.17, 15) is 9.59 Å². The number of nitrogens with zero attached hydrogens (tertiary/aromatic N) is 3. The van der Waals surface area contributed by atoms with Crippen LogP contribution in [0.15, 0.2) is 36.5 Å². The lowest BCUT2D eigenvalue weighted by Gasteiger charge is -2.41. The molecule has 196 valence electrons. The summed E-state index contributed by atoms with van der Waals surface area (Å²) in [6, 6.07) is 9.95. The molecule has 2 amide bonds. The molecule has 0 aliphatic carbocycles. The summed E-state index contributed by atoms with van der Waals surface area (Å²) < 4.78 is 8.01. The molecule has 2 N–H and O–H groups in total. The minimum atomic E-state index is -0.579. The Balaban J connectivity index is 1.45. The number of hydrogen-bond donors (Lipinski definition) is 2. The van der Waals surface area contributed by atoms with Crippen LogP contribution in [0.3, 0.4) is 0 Å². The average molecular weight is 496 g/mol. The Morgan fingerprint density at radius 3 is 2.67 bits per heavy atom. The monoisotopic (exact) mass is 495 g/mol. The number of benzene rings is 1. The first-order chi connectivity index (χ1) is 17.4. The van der Waals surface area contributed by atoms with Crippen molar-refractivity contribution in [3.63, 3.8) is 0 Å². The Morgan fingerprint density at radius 1 is 1.11 bits per heavy atom. The Labute approximate surface area is 214 Å². The molecule has 8 heteroatoms. The SMILES string of the molecule is CC(C)n1nccc1CN1CCC2(CCCCc3ccccc3OCCNC(=O)[C@H](C)NC2=O)CC1. The second kappa shape index (κ2) is 11.9. The van der Waals surface area contributed by atoms with Crippen LogP contribution < -0.4 is 15.4 Å². The molecule has 0 saturated carbocycles. The molecule has 1 aromatic heterocycles. The van der Waals surface area contributed by atoms with Crippen LogP contribution in [-0.4, -0.2) is 58.8 Å². The maximum Gasteiger partial charge on any atom is 0.242 e. The number of aryl methyl sites for hydroxylation is 1. The molecular weight excluding hydrogens is 454 g/mol. The van der Waals surface area contributed by atoms with E-state index in [-0.39, 0.29) is 11.8 Å². The number of piperidine rings is 1. The number of ether oxygens (including phenoxy) is 1. The van der Waals surface area contributed by atoms with Crippen molar-refractivity contribution in [2.45, 2.75) is 77.9 Å². The van der Waals surface area contributed by atoms with Crippen molar-refractivity contribution in [1.82, 2.24) is 25.3 Å². The van der Waals surface area contributed by atoms with Crippen LogP contribution in [-0.2, 0) is 22.6 Å². The maximum absolute atomic E-state index is 13.6. The van der Waals surface area contributed by atoms with E-state index < -0.39 is 11.5 Å². The second-order valence-electron chi connectivity index (χ2n) is 10.6. The quantitative estimate of drug-likeness (QED) is 0.681. The van der Waals surface area contributed by atoms with Crippen molar-refractivity contribution in [1.29, 1.82) is 0 Å². The summed E-state index contributed by atoms with van der Waals surface area (Å²) in [4.78, 5) is 28.7. The molecule has 36 heavy (non-hydrogen) atoms. The van der Waals surface area contributed by atoms with E-state index in [1.165, 1.54) is 11.3 Å². The highest BCUT2D eigenvalue weighted by Gasteiger charge is 2.41. The van der Waals surface area contributed by atoms with Gasteiger partial charge in [0.25, 0.3) is 0 Å². The molecule has 1 spiro atoms. The lowest BCUT2D eigenvalue weighted by Crippen LogP contribution is -2.53. The molecule has 1 saturated heterocycles. The van der Waals surface area contributed by atoms with Gasteiger partial charge in [0.15, 0.2) is 0 Å². The minimum Gasteiger partial charge on any atom is -0.491 e. The summed E-state index contributed by atoms with van der Waals surface area (Å²) in [5.74, 6) is 0.723. The Kier molecular flexibility index (Phi) is 8.67. The number of likely N-dealkylation sites (tertiary alicyclic amines) is 1. The number of rotatable bonds is 3. The third-order valence-electron chi connectivity index (χ3n) is 7.65. The number of amides is 2. The molecule has 0 unspecified atom stereocenters. The predicted molar refractivity (Wildman–Crippen MR) is 140 cm³/mol. The van der Waals surface area contributed by atoms with Crippen LogP contribution in [0, 0.1) is 5.41 Å². The fraction of sp³-hybridized carbons (Fsp3) is 0.607. The van der Waals surface area contributed by atoms with Crippen LogP contribution >= 0.6 is 0 Å². The summed E-state index contributed by atoms with van der Waals surface area (Å²) in [6.45, 7) is 9.40. The summed E-state index contributed by atoms with van der Waals surface area (Å²) in [7, 11) is 0. The van der Waals surface area contributed by atoms with E-state index in [2.05, 4.69) is 51.3 Å². The fourth-order valence-electron chi connectivity index (χ4n) is 5.42. The number of carbonyl (C=O) groups is 2. The van der Waals surface area contributed by atoms with Crippen molar-refractivity contribution in [2.24, 2.45) is 5.41 Å². The van der Waals surface area contributed by atoms with Crippen LogP contribution in [0.2, 0.25) is 0 Å². The van der Waals surface area contributed by atoms with Gasteiger partial charge >= 0.3 is 0 Å². The molecule has 1 aromatic carbocycles. The van der Waals surface area contributed by atoms with Crippen molar-refractivity contribution in [3.05, 3.63) is 47.8 Å². The summed E-state index contributed by atoms with van der Waals surface area (Å²) >= 11 is 0. The highest BCUT2D eigenvalue weighted by Crippen LogP contribution is 2.38. The highest BCUT2D eigenvalue weighted by molar-refractivity contribution is 5.90. The number of aromatic nitrogens is 2. The number of hydrogen-bond acceptors (Lipinski definition) is 5. The minimum absolute atomic E-state index is 0.0172. The summed E-state index contributed by atoms with van der Waals surface area (Å²) in [6.07, 6.45) is 7.16. The van der Waals surface area contributed by atoms with Crippen LogP contribution in [0.4, 0.5) is 0 Å². The normalized spacial score (nSPS) is 22.2. The largest absolute Gasteiger partial charge is 0.491 e. The molecule has 1 atom stereocenters. The second-order valence-corrected chi connectivity index (χ2v) is 10.6. The van der Waals surface area contributed by atoms with Crippen LogP contribution in [0.1, 0.15) is 70.2 Å². The van der Waals surface area contributed by atoms with Gasteiger partial charge in [0.1, 0.15) is 18.4 Å². The molecule has 0 bridgehead atoms. The van der Waals surface area contributed by atoms with Crippen molar-refractivity contribution in [3.8, 4) is 5.75 Å². The summed E-state index contributed by atoms with van der Waals surface area (Å²) in [5.41, 5.74) is 1.94. The number of carbonyl (C=O) groups excluding carboxylic acids is 2. The zero-order valence-corrected chi connectivity index (χ0v) is 22.0. The zero-order chi connectivity index (χ0) is 25.5. The van der Waals surface area contributed by atoms with Gasteiger partial charge in [-0.3, -0.25) is 19.2 Å². The summed E-state index contributed by atoms with van der Waals surface area (Å²) in [5, 5.41) is 10.4. The van der Waals surface area contributed by atoms with Gasteiger partial charge in [-0.1, -0.05) is 24.6 Å². The molecule has 1 fully saturated rings. The molecule has 2 aliphatic heterocycles. The average Bonchev–Trinajstić information content (AvgIpc) is 3.34. The molecule has 3 heterocycles. The van der Waals surface area contributed by atoms with Gasteiger partial charge in [0.05, 0.1) is 17.7 Å². The van der Waals surface area contributed by atoms with Gasteiger partial charge in [0.2, 0.25) is 11.8 Å². The predicted octanol–water partition coefficient (Wildman–Crippen LogP) is 3.47. The van der Waals surface area contributed by atoms with Gasteiger partial charge in [-0.2, -0.15) is 5.10 Å². The topological polar surface area (TPSA) is 88.5 Å². The molecule has 2 aromatic rings. The van der Waals surface area contributed by atoms with E-state index >= 15 is 0 Å². The van der Waals surface area contributed by atoms with Crippen molar-refractivity contribution < 1.29 is 14.3 Å². The number of fused-ring (bicyclic) bond motifs is 1. The van der Waals surface area contributed by atoms with E-state index in [1.54, 1.807) is 6.92 Å². The van der Waals surface area contributed by atoms with Gasteiger partial charge in [-0.25, -0.2) is 0 Å². The molecule has 4 rings (SSSR count). The fourth-order valence-corrected chi connectivity index (χ4v) is 5.42. The van der Waals surface area contributed by atoms with E-state index in [1.807, 2.05) is 24.4 Å². The van der Waals surface area contributed by atoms with Gasteiger partial charge in [-0.05, 0) is 83.7 Å². The number of para-hydroxylation sites is 1. The Bertz CT molecular complexity index is 1030. The van der Waals surface area contributed by atoms with Gasteiger partial charge in [0, 0.05) is 18.8 Å². The third kappa shape index (κ3) is 6.27. The molecular formula is C28H41N5O3. The molecule has 2 aliphatic rings. The molecule has 0 radical (unpaired) electrons. The standard InChI is InChI=1S/C28H41N5O3/c1-21(2)33-24(11-15-30-33)20-32-17-13-28(14-18-32)12-7-6-9-23-8-4-5-10-25(23)36-19-16-29-26(34)22(3)31-27(28)35/h4-5,8,10-11,15,21-22H,6-7,9,12-14,16-20H2,1-3H3,(H,29,34)(H,31,35)/t22-/m0/s1. The highest BCUT2D eigenvalue weighted by atomic mass is 16.5. The first kappa shape index (κ1) is 26.2. The Hall–Kier alpha value is -2.87. The first-order valence-corrected chi connectivity index (χ1v) is 13.4. The van der Waals surface area contributed by atoms with Gasteiger partial charge in [-0.15, -0.1) is 0 Å². The number of nitrogens with one attached hydrogen (secondary N) is 2. The van der Waals surface area contributed by atoms with E-state index in [4.69, 9.17) is 4.74 Å². The maximum atomic E-state index is 13.6. The van der Waals surface area contributed by atoms with E-state index in [0.29, 0.717) is 19.2 Å². The Morgan fingerprint density at radius 2 is 1.89 bits per heavy atom. The van der Waals surface area contributed by atoms with Gasteiger partial charge < -0.3 is 15.4 Å². The molecule has 8 nitrogen and oxygen atoms in total. The first-order valence-electron chi connectivity index (χ1n) is 13.4. The van der Waals surface area contributed by atoms with Crippen LogP contribution in [0.5, 0.6) is 5.75 Å². The van der Waals surface area contributed by atoms with Crippen molar-refractivity contribution in [2.75, 3.05) is 26.2 Å². The lowest BCUT2D eigenvalue weighted by molar-refractivity contribution is -0.138. The van der Waals surface area contributed by atoms with Crippen molar-refractivity contribution >= 4 is 11.8 Å². The lowest BCUT2D eigenvalue weighted by atomic mass is 9.73. The smallest absolute Gasteiger partial charge is 0.242 e. The van der Waals surface area contributed by atoms with E-state index in [0.717, 1.165) is 63.9 Å². The third-order valence-corrected chi connectivity index (χ3v) is 7.65. The van der Waals surface area contributed by atoms with Crippen LogP contribution in [0.25, 0.3) is 0 Å². The zero-order valence-electron chi connectivity index (χ0n) is 22.0.